The quantitative estimate of drug-likeness (QED) is 0.693. The Morgan fingerprint density at radius 1 is 1.19 bits per heavy atom. The molecule has 0 aliphatic heterocycles. The molecule has 0 bridgehead atoms. The molecule has 0 unspecified atom stereocenters. The summed E-state index contributed by atoms with van der Waals surface area (Å²) in [6.07, 6.45) is 4.78. The Balaban J connectivity index is 0.00000126. The van der Waals surface area contributed by atoms with Gasteiger partial charge in [0.15, 0.2) is 5.82 Å². The van der Waals surface area contributed by atoms with Crippen LogP contribution in [0.25, 0.3) is 23.2 Å². The Kier molecular flexibility index (Phi) is 6.77. The first-order valence-corrected chi connectivity index (χ1v) is 9.28. The van der Waals surface area contributed by atoms with Crippen LogP contribution in [0.5, 0.6) is 5.75 Å². The summed E-state index contributed by atoms with van der Waals surface area (Å²) in [5.74, 6) is 0.501. The van der Waals surface area contributed by atoms with E-state index in [-0.39, 0.29) is 11.4 Å². The highest BCUT2D eigenvalue weighted by atomic mass is 16.3. The lowest BCUT2D eigenvalue weighted by atomic mass is 10.1. The van der Waals surface area contributed by atoms with Crippen LogP contribution in [-0.2, 0) is 6.42 Å². The van der Waals surface area contributed by atoms with Crippen molar-refractivity contribution in [3.8, 4) is 22.8 Å². The molecule has 2 aromatic carbocycles. The fourth-order valence-electron chi connectivity index (χ4n) is 2.83. The molecule has 0 saturated heterocycles. The first-order chi connectivity index (χ1) is 13.0. The second-order valence-electron chi connectivity index (χ2n) is 5.93. The molecule has 0 spiro atoms. The Labute approximate surface area is 160 Å². The van der Waals surface area contributed by atoms with Crippen molar-refractivity contribution >= 4 is 6.08 Å². The summed E-state index contributed by atoms with van der Waals surface area (Å²) in [4.78, 5) is 12.3. The van der Waals surface area contributed by atoms with Crippen LogP contribution in [0, 0.1) is 6.92 Å². The summed E-state index contributed by atoms with van der Waals surface area (Å²) in [6, 6.07) is 11.2. The molecule has 3 rings (SSSR count). The number of allylic oxidation sites excluding steroid dienone is 1. The van der Waals surface area contributed by atoms with Crippen molar-refractivity contribution in [3.63, 3.8) is 0 Å². The maximum atomic E-state index is 12.3. The predicted octanol–water partition coefficient (Wildman–Crippen LogP) is 4.86. The highest BCUT2D eigenvalue weighted by Gasteiger charge is 2.16. The topological polar surface area (TPSA) is 70.9 Å². The lowest BCUT2D eigenvalue weighted by Gasteiger charge is -2.10. The molecule has 2 N–H and O–H groups in total. The molecule has 0 aliphatic rings. The van der Waals surface area contributed by atoms with Gasteiger partial charge in [0, 0.05) is 0 Å². The second-order valence-corrected chi connectivity index (χ2v) is 5.93. The zero-order valence-electron chi connectivity index (χ0n) is 16.6. The normalized spacial score (nSPS) is 10.7. The number of hydrogen-bond acceptors (Lipinski definition) is 3. The number of aromatic hydroxyl groups is 1. The van der Waals surface area contributed by atoms with E-state index in [9.17, 15) is 9.90 Å². The average Bonchev–Trinajstić information content (AvgIpc) is 3.06. The van der Waals surface area contributed by atoms with Crippen molar-refractivity contribution in [2.24, 2.45) is 0 Å². The van der Waals surface area contributed by atoms with Crippen LogP contribution in [0.1, 0.15) is 44.4 Å². The molecule has 0 atom stereocenters. The van der Waals surface area contributed by atoms with E-state index in [0.717, 1.165) is 23.1 Å². The molecule has 142 valence electrons. The SMILES string of the molecule is C/C=C\c1cc(-n2c(-c3ccc(CC)cc3O)n[nH]c2=O)ccc1C.CC. The van der Waals surface area contributed by atoms with Crippen LogP contribution >= 0.6 is 0 Å². The third kappa shape index (κ3) is 4.19. The maximum Gasteiger partial charge on any atom is 0.348 e. The number of phenols is 1. The van der Waals surface area contributed by atoms with Crippen LogP contribution in [0.3, 0.4) is 0 Å². The van der Waals surface area contributed by atoms with Gasteiger partial charge in [-0.3, -0.25) is 0 Å². The Morgan fingerprint density at radius 3 is 2.56 bits per heavy atom. The van der Waals surface area contributed by atoms with Crippen molar-refractivity contribution < 1.29 is 5.11 Å². The van der Waals surface area contributed by atoms with E-state index in [2.05, 4.69) is 10.2 Å². The van der Waals surface area contributed by atoms with E-state index in [0.29, 0.717) is 17.1 Å². The summed E-state index contributed by atoms with van der Waals surface area (Å²) in [6.45, 7) is 10.00. The first-order valence-electron chi connectivity index (χ1n) is 9.28. The van der Waals surface area contributed by atoms with E-state index in [4.69, 9.17) is 0 Å². The van der Waals surface area contributed by atoms with Gasteiger partial charge in [0.2, 0.25) is 0 Å². The molecule has 0 aliphatic carbocycles. The van der Waals surface area contributed by atoms with Gasteiger partial charge >= 0.3 is 5.69 Å². The molecule has 27 heavy (non-hydrogen) atoms. The molecule has 1 heterocycles. The number of nitrogens with zero attached hydrogens (tertiary/aromatic N) is 2. The van der Waals surface area contributed by atoms with E-state index in [1.54, 1.807) is 12.1 Å². The van der Waals surface area contributed by atoms with Gasteiger partial charge in [-0.1, -0.05) is 45.1 Å². The van der Waals surface area contributed by atoms with Crippen LogP contribution in [0.4, 0.5) is 0 Å². The number of H-pyrrole nitrogens is 1. The minimum Gasteiger partial charge on any atom is -0.507 e. The van der Waals surface area contributed by atoms with E-state index in [1.165, 1.54) is 4.57 Å². The molecule has 3 aromatic rings. The summed E-state index contributed by atoms with van der Waals surface area (Å²) >= 11 is 0. The molecule has 0 fully saturated rings. The number of phenolic OH excluding ortho intramolecular Hbond substituents is 1. The van der Waals surface area contributed by atoms with Gasteiger partial charge in [0.1, 0.15) is 5.75 Å². The summed E-state index contributed by atoms with van der Waals surface area (Å²) in [5, 5.41) is 17.0. The Morgan fingerprint density at radius 2 is 1.93 bits per heavy atom. The highest BCUT2D eigenvalue weighted by molar-refractivity contribution is 5.67. The number of rotatable bonds is 4. The van der Waals surface area contributed by atoms with Crippen LogP contribution in [0.15, 0.2) is 47.3 Å². The van der Waals surface area contributed by atoms with E-state index in [1.807, 2.05) is 71.0 Å². The fraction of sp³-hybridized carbons (Fsp3) is 0.273. The summed E-state index contributed by atoms with van der Waals surface area (Å²) in [5.41, 5.74) is 4.05. The molecular weight excluding hydrogens is 338 g/mol. The lowest BCUT2D eigenvalue weighted by molar-refractivity contribution is 0.476. The third-order valence-electron chi connectivity index (χ3n) is 4.25. The number of nitrogens with one attached hydrogen (secondary N) is 1. The van der Waals surface area contributed by atoms with E-state index >= 15 is 0 Å². The minimum absolute atomic E-state index is 0.111. The van der Waals surface area contributed by atoms with Crippen LogP contribution in [0.2, 0.25) is 0 Å². The molecule has 0 amide bonds. The fourth-order valence-corrected chi connectivity index (χ4v) is 2.83. The number of hydrogen-bond donors (Lipinski definition) is 2. The number of benzene rings is 2. The maximum absolute atomic E-state index is 12.3. The lowest BCUT2D eigenvalue weighted by Crippen LogP contribution is -2.16. The first kappa shape index (κ1) is 20.2. The molecule has 1 aromatic heterocycles. The van der Waals surface area contributed by atoms with Gasteiger partial charge in [0.25, 0.3) is 0 Å². The number of aryl methyl sites for hydroxylation is 2. The molecule has 5 nitrogen and oxygen atoms in total. The van der Waals surface area contributed by atoms with Gasteiger partial charge in [-0.25, -0.2) is 14.5 Å². The molecule has 0 saturated carbocycles. The Bertz CT molecular complexity index is 997. The van der Waals surface area contributed by atoms with Crippen molar-refractivity contribution in [3.05, 3.63) is 69.6 Å². The predicted molar refractivity (Wildman–Crippen MR) is 111 cm³/mol. The highest BCUT2D eigenvalue weighted by Crippen LogP contribution is 2.29. The molecule has 0 radical (unpaired) electrons. The minimum atomic E-state index is -0.343. The largest absolute Gasteiger partial charge is 0.507 e. The average molecular weight is 365 g/mol. The van der Waals surface area contributed by atoms with Gasteiger partial charge in [0.05, 0.1) is 11.3 Å². The molecule has 5 heteroatoms. The summed E-state index contributed by atoms with van der Waals surface area (Å²) in [7, 11) is 0. The van der Waals surface area contributed by atoms with Gasteiger partial charge < -0.3 is 5.11 Å². The van der Waals surface area contributed by atoms with Crippen LogP contribution < -0.4 is 5.69 Å². The third-order valence-corrected chi connectivity index (χ3v) is 4.25. The smallest absolute Gasteiger partial charge is 0.348 e. The van der Waals surface area contributed by atoms with Crippen molar-refractivity contribution in [2.75, 3.05) is 0 Å². The van der Waals surface area contributed by atoms with Crippen LogP contribution in [-0.4, -0.2) is 19.9 Å². The second kappa shape index (κ2) is 9.03. The molecular formula is C22H27N3O2. The number of aromatic amines is 1. The monoisotopic (exact) mass is 365 g/mol. The van der Waals surface area contributed by atoms with Gasteiger partial charge in [-0.15, -0.1) is 0 Å². The van der Waals surface area contributed by atoms with E-state index < -0.39 is 0 Å². The zero-order valence-corrected chi connectivity index (χ0v) is 16.6. The standard InChI is InChI=1S/C20H21N3O2.C2H6/c1-4-6-15-12-16(9-7-13(15)3)23-19(21-22-20(23)25)17-10-8-14(5-2)11-18(17)24;1-2/h4,6-12,24H,5H2,1-3H3,(H,22,25);1-2H3/b6-4-;. The van der Waals surface area contributed by atoms with Gasteiger partial charge in [-0.2, -0.15) is 5.10 Å². The van der Waals surface area contributed by atoms with Crippen molar-refractivity contribution in [2.45, 2.75) is 41.0 Å². The Hall–Kier alpha value is -3.08. The number of aromatic nitrogens is 3. The van der Waals surface area contributed by atoms with Gasteiger partial charge in [-0.05, 0) is 61.2 Å². The van der Waals surface area contributed by atoms with Crippen molar-refractivity contribution in [1.29, 1.82) is 0 Å². The zero-order chi connectivity index (χ0) is 20.0. The summed E-state index contributed by atoms with van der Waals surface area (Å²) < 4.78 is 1.48. The van der Waals surface area contributed by atoms with Crippen molar-refractivity contribution in [1.82, 2.24) is 14.8 Å².